The fourth-order valence-electron chi connectivity index (χ4n) is 8.03. The molecule has 1 aliphatic carbocycles. The molecule has 0 amide bonds. The Kier molecular flexibility index (Phi) is 4.95. The molecule has 44 heavy (non-hydrogen) atoms. The van der Waals surface area contributed by atoms with Gasteiger partial charge in [-0.05, 0) is 69.9 Å². The van der Waals surface area contributed by atoms with Crippen molar-refractivity contribution in [3.63, 3.8) is 0 Å². The van der Waals surface area contributed by atoms with Crippen LogP contribution in [-0.4, -0.2) is 17.5 Å². The van der Waals surface area contributed by atoms with Crippen molar-refractivity contribution in [1.29, 1.82) is 0 Å². The Labute approximate surface area is 256 Å². The maximum atomic E-state index is 7.31. The molecule has 1 aromatic heterocycles. The van der Waals surface area contributed by atoms with Crippen molar-refractivity contribution >= 4 is 46.3 Å². The highest BCUT2D eigenvalue weighted by atomic mass is 16.5. The number of hydrogen-bond donors (Lipinski definition) is 0. The van der Waals surface area contributed by atoms with Gasteiger partial charge in [-0.15, -0.1) is 0 Å². The highest BCUT2D eigenvalue weighted by Gasteiger charge is 2.55. The van der Waals surface area contributed by atoms with E-state index >= 15 is 0 Å². The topological polar surface area (TPSA) is 26.6 Å². The molecule has 3 aliphatic heterocycles. The lowest BCUT2D eigenvalue weighted by atomic mass is 9.30. The number of anilines is 2. The van der Waals surface area contributed by atoms with Crippen LogP contribution in [0.1, 0.15) is 28.9 Å². The number of ether oxygens (including phenoxy) is 2. The third kappa shape index (κ3) is 3.24. The van der Waals surface area contributed by atoms with Crippen LogP contribution in [0.3, 0.4) is 0 Å². The standard InChI is InChI=1S/C39H27BN2O2/c1-3-14-26(15-4-1)41-33-21-11-9-19-30(33)35-38(41)43-28-23-25-13-7-8-18-29(25)37-32(24-28)40(35)36-31-20-10-12-22-34(31)42(39(36)44-37)27-16-5-2-6-17-27/h1-23,36,39H,24H2. The van der Waals surface area contributed by atoms with Crippen molar-refractivity contribution in [3.05, 3.63) is 161 Å². The molecular formula is C39H27BN2O2. The predicted molar refractivity (Wildman–Crippen MR) is 178 cm³/mol. The van der Waals surface area contributed by atoms with Crippen LogP contribution in [0.5, 0.6) is 5.88 Å². The number of rotatable bonds is 2. The van der Waals surface area contributed by atoms with E-state index in [1.807, 2.05) is 0 Å². The van der Waals surface area contributed by atoms with Gasteiger partial charge in [-0.25, -0.2) is 0 Å². The van der Waals surface area contributed by atoms with Crippen LogP contribution in [0, 0.1) is 0 Å². The molecule has 6 aromatic rings. The van der Waals surface area contributed by atoms with Gasteiger partial charge >= 0.3 is 0 Å². The van der Waals surface area contributed by atoms with Crippen molar-refractivity contribution in [2.45, 2.75) is 18.5 Å². The summed E-state index contributed by atoms with van der Waals surface area (Å²) in [6.45, 7) is 0.0422. The third-order valence-corrected chi connectivity index (χ3v) is 9.72. The Bertz CT molecular complexity index is 2180. The Morgan fingerprint density at radius 2 is 1.39 bits per heavy atom. The van der Waals surface area contributed by atoms with Crippen LogP contribution >= 0.6 is 0 Å². The summed E-state index contributed by atoms with van der Waals surface area (Å²) in [5.74, 6) is 2.89. The Balaban J connectivity index is 1.33. The third-order valence-electron chi connectivity index (χ3n) is 9.72. The zero-order valence-electron chi connectivity index (χ0n) is 23.9. The van der Waals surface area contributed by atoms with Gasteiger partial charge in [-0.2, -0.15) is 0 Å². The highest BCUT2D eigenvalue weighted by Crippen LogP contribution is 2.55. The molecule has 4 aliphatic rings. The summed E-state index contributed by atoms with van der Waals surface area (Å²) in [7, 11) is 0. The summed E-state index contributed by atoms with van der Waals surface area (Å²) in [6.07, 6.45) is 2.69. The second kappa shape index (κ2) is 9.04. The number of para-hydroxylation sites is 4. The zero-order valence-corrected chi connectivity index (χ0v) is 23.9. The van der Waals surface area contributed by atoms with Gasteiger partial charge in [0.05, 0.1) is 5.52 Å². The minimum atomic E-state index is -0.224. The van der Waals surface area contributed by atoms with Crippen LogP contribution in [-0.2, 0) is 4.74 Å². The number of aromatic nitrogens is 1. The summed E-state index contributed by atoms with van der Waals surface area (Å²) in [4.78, 5) is 2.41. The summed E-state index contributed by atoms with van der Waals surface area (Å²) in [5.41, 5.74) is 10.7. The molecule has 2 unspecified atom stereocenters. The van der Waals surface area contributed by atoms with Crippen molar-refractivity contribution in [2.75, 3.05) is 4.90 Å². The molecule has 0 saturated heterocycles. The minimum Gasteiger partial charge on any atom is -0.470 e. The van der Waals surface area contributed by atoms with Gasteiger partial charge in [0.2, 0.25) is 6.71 Å². The van der Waals surface area contributed by atoms with E-state index in [2.05, 4.69) is 149 Å². The summed E-state index contributed by atoms with van der Waals surface area (Å²) in [5, 5.41) is 1.22. The van der Waals surface area contributed by atoms with E-state index in [9.17, 15) is 0 Å². The van der Waals surface area contributed by atoms with E-state index in [4.69, 9.17) is 9.47 Å². The zero-order chi connectivity index (χ0) is 28.8. The quantitative estimate of drug-likeness (QED) is 0.198. The summed E-state index contributed by atoms with van der Waals surface area (Å²) >= 11 is 0. The molecular weight excluding hydrogens is 539 g/mol. The van der Waals surface area contributed by atoms with Crippen LogP contribution < -0.4 is 15.1 Å². The molecule has 4 heterocycles. The largest absolute Gasteiger partial charge is 0.470 e. The first-order valence-electron chi connectivity index (χ1n) is 15.3. The van der Waals surface area contributed by atoms with Crippen LogP contribution in [0.2, 0.25) is 0 Å². The second-order valence-corrected chi connectivity index (χ2v) is 12.0. The fraction of sp³-hybridized carbons (Fsp3) is 0.0769. The van der Waals surface area contributed by atoms with Crippen LogP contribution in [0.4, 0.5) is 11.4 Å². The lowest BCUT2D eigenvalue weighted by molar-refractivity contribution is 0.168. The first-order valence-corrected chi connectivity index (χ1v) is 15.3. The van der Waals surface area contributed by atoms with Crippen LogP contribution in [0.25, 0.3) is 28.4 Å². The molecule has 0 saturated carbocycles. The number of benzene rings is 5. The Hall–Kier alpha value is -5.42. The molecule has 208 valence electrons. The van der Waals surface area contributed by atoms with E-state index in [-0.39, 0.29) is 18.8 Å². The number of allylic oxidation sites excluding steroid dienone is 1. The summed E-state index contributed by atoms with van der Waals surface area (Å²) in [6, 6.07) is 47.5. The van der Waals surface area contributed by atoms with Gasteiger partial charge in [0.15, 0.2) is 12.1 Å². The van der Waals surface area contributed by atoms with Gasteiger partial charge in [0, 0.05) is 34.9 Å². The van der Waals surface area contributed by atoms with Gasteiger partial charge in [0.1, 0.15) is 11.5 Å². The molecule has 0 radical (unpaired) electrons. The summed E-state index contributed by atoms with van der Waals surface area (Å²) < 4.78 is 16.7. The maximum absolute atomic E-state index is 7.31. The number of hydrogen-bond acceptors (Lipinski definition) is 3. The van der Waals surface area contributed by atoms with E-state index < -0.39 is 0 Å². The van der Waals surface area contributed by atoms with E-state index in [0.717, 1.165) is 45.4 Å². The Morgan fingerprint density at radius 3 is 2.25 bits per heavy atom. The molecule has 0 spiro atoms. The lowest BCUT2D eigenvalue weighted by Gasteiger charge is -2.39. The van der Waals surface area contributed by atoms with Gasteiger partial charge in [0.25, 0.3) is 0 Å². The number of fused-ring (bicyclic) bond motifs is 11. The molecule has 2 bridgehead atoms. The highest BCUT2D eigenvalue weighted by molar-refractivity contribution is 6.85. The monoisotopic (exact) mass is 566 g/mol. The molecule has 4 nitrogen and oxygen atoms in total. The van der Waals surface area contributed by atoms with Crippen molar-refractivity contribution < 1.29 is 9.47 Å². The fourth-order valence-corrected chi connectivity index (χ4v) is 8.03. The molecule has 5 aromatic carbocycles. The molecule has 0 N–H and O–H groups in total. The molecule has 2 atom stereocenters. The smallest absolute Gasteiger partial charge is 0.231 e. The first kappa shape index (κ1) is 24.1. The SMILES string of the molecule is C1=C2CC3=C(OC4C(B3c3c(n(-c5ccccc5)c5ccccc35)O2)c2ccccc2N4c2ccccc2)c2ccccc21. The van der Waals surface area contributed by atoms with E-state index in [0.29, 0.717) is 6.42 Å². The minimum absolute atomic E-state index is 0.0422. The van der Waals surface area contributed by atoms with Crippen molar-refractivity contribution in [3.8, 4) is 11.6 Å². The maximum Gasteiger partial charge on any atom is 0.231 e. The Morgan fingerprint density at radius 1 is 0.682 bits per heavy atom. The van der Waals surface area contributed by atoms with Gasteiger partial charge < -0.3 is 14.4 Å². The van der Waals surface area contributed by atoms with Gasteiger partial charge in [-0.3, -0.25) is 4.57 Å². The molecule has 0 fully saturated rings. The average Bonchev–Trinajstić information content (AvgIpc) is 3.45. The molecule has 10 rings (SSSR count). The van der Waals surface area contributed by atoms with E-state index in [1.54, 1.807) is 0 Å². The number of nitrogens with zero attached hydrogens (tertiary/aromatic N) is 2. The van der Waals surface area contributed by atoms with Crippen LogP contribution in [0.15, 0.2) is 145 Å². The predicted octanol–water partition coefficient (Wildman–Crippen LogP) is 8.25. The lowest BCUT2D eigenvalue weighted by Crippen LogP contribution is -2.50. The average molecular weight is 566 g/mol. The second-order valence-electron chi connectivity index (χ2n) is 12.0. The van der Waals surface area contributed by atoms with Gasteiger partial charge in [-0.1, -0.05) is 97.1 Å². The van der Waals surface area contributed by atoms with Crippen molar-refractivity contribution in [2.24, 2.45) is 0 Å². The van der Waals surface area contributed by atoms with Crippen molar-refractivity contribution in [1.82, 2.24) is 4.57 Å². The van der Waals surface area contributed by atoms with E-state index in [1.165, 1.54) is 27.6 Å². The first-order chi connectivity index (χ1) is 21.8. The normalized spacial score (nSPS) is 19.1. The molecule has 5 heteroatoms.